The predicted octanol–water partition coefficient (Wildman–Crippen LogP) is 3.74. The SMILES string of the molecule is N#Cc1cc(F)ccc1NC(=O)NCc1cccnc1OC1CCCC1. The summed E-state index contributed by atoms with van der Waals surface area (Å²) in [6.45, 7) is 0.227. The van der Waals surface area contributed by atoms with Gasteiger partial charge in [0.2, 0.25) is 5.88 Å². The molecule has 0 radical (unpaired) electrons. The minimum absolute atomic E-state index is 0.0618. The zero-order valence-electron chi connectivity index (χ0n) is 14.2. The average molecular weight is 354 g/mol. The molecule has 0 spiro atoms. The third-order valence-electron chi connectivity index (χ3n) is 4.22. The number of aromatic nitrogens is 1. The molecule has 2 aromatic rings. The highest BCUT2D eigenvalue weighted by Crippen LogP contribution is 2.25. The fourth-order valence-corrected chi connectivity index (χ4v) is 2.89. The van der Waals surface area contributed by atoms with Crippen molar-refractivity contribution < 1.29 is 13.9 Å². The third-order valence-corrected chi connectivity index (χ3v) is 4.22. The number of nitriles is 1. The Bertz CT molecular complexity index is 829. The number of pyridine rings is 1. The van der Waals surface area contributed by atoms with Crippen LogP contribution >= 0.6 is 0 Å². The van der Waals surface area contributed by atoms with E-state index in [2.05, 4.69) is 15.6 Å². The van der Waals surface area contributed by atoms with Crippen molar-refractivity contribution in [2.45, 2.75) is 38.3 Å². The van der Waals surface area contributed by atoms with E-state index >= 15 is 0 Å². The van der Waals surface area contributed by atoms with Crippen LogP contribution < -0.4 is 15.4 Å². The van der Waals surface area contributed by atoms with Gasteiger partial charge in [0.1, 0.15) is 18.0 Å². The molecule has 7 heteroatoms. The van der Waals surface area contributed by atoms with E-state index in [1.165, 1.54) is 12.1 Å². The number of amides is 2. The maximum Gasteiger partial charge on any atom is 0.319 e. The summed E-state index contributed by atoms with van der Waals surface area (Å²) in [7, 11) is 0. The Morgan fingerprint density at radius 3 is 2.92 bits per heavy atom. The van der Waals surface area contributed by atoms with Crippen molar-refractivity contribution in [3.8, 4) is 11.9 Å². The number of halogens is 1. The van der Waals surface area contributed by atoms with Gasteiger partial charge in [0.15, 0.2) is 0 Å². The van der Waals surface area contributed by atoms with Gasteiger partial charge in [-0.3, -0.25) is 0 Å². The molecule has 2 amide bonds. The van der Waals surface area contributed by atoms with E-state index in [1.807, 2.05) is 12.1 Å². The molecule has 6 nitrogen and oxygen atoms in total. The maximum atomic E-state index is 13.2. The maximum absolute atomic E-state index is 13.2. The highest BCUT2D eigenvalue weighted by atomic mass is 19.1. The number of benzene rings is 1. The van der Waals surface area contributed by atoms with Crippen LogP contribution in [0.3, 0.4) is 0 Å². The number of urea groups is 1. The lowest BCUT2D eigenvalue weighted by Gasteiger charge is -2.15. The van der Waals surface area contributed by atoms with Crippen molar-refractivity contribution in [2.24, 2.45) is 0 Å². The normalized spacial score (nSPS) is 13.8. The Morgan fingerprint density at radius 2 is 2.15 bits per heavy atom. The molecular weight excluding hydrogens is 335 g/mol. The Kier molecular flexibility index (Phi) is 5.64. The first-order valence-electron chi connectivity index (χ1n) is 8.51. The van der Waals surface area contributed by atoms with E-state index in [0.29, 0.717) is 5.88 Å². The van der Waals surface area contributed by atoms with E-state index < -0.39 is 11.8 Å². The van der Waals surface area contributed by atoms with E-state index in [1.54, 1.807) is 12.3 Å². The van der Waals surface area contributed by atoms with Gasteiger partial charge >= 0.3 is 6.03 Å². The monoisotopic (exact) mass is 354 g/mol. The Hall–Kier alpha value is -3.14. The largest absolute Gasteiger partial charge is 0.474 e. The number of anilines is 1. The average Bonchev–Trinajstić information content (AvgIpc) is 3.15. The Balaban J connectivity index is 1.60. The molecule has 1 fully saturated rings. The van der Waals surface area contributed by atoms with Crippen molar-refractivity contribution in [3.63, 3.8) is 0 Å². The van der Waals surface area contributed by atoms with E-state index in [4.69, 9.17) is 10.00 Å². The number of rotatable bonds is 5. The molecule has 0 bridgehead atoms. The van der Waals surface area contributed by atoms with Crippen LogP contribution in [0, 0.1) is 17.1 Å². The summed E-state index contributed by atoms with van der Waals surface area (Å²) >= 11 is 0. The molecule has 1 heterocycles. The summed E-state index contributed by atoms with van der Waals surface area (Å²) < 4.78 is 19.1. The number of carbonyl (C=O) groups excluding carboxylic acids is 1. The molecule has 26 heavy (non-hydrogen) atoms. The Morgan fingerprint density at radius 1 is 1.35 bits per heavy atom. The standard InChI is InChI=1S/C19H19FN4O2/c20-15-7-8-17(14(10-15)11-21)24-19(25)23-12-13-4-3-9-22-18(13)26-16-5-1-2-6-16/h3-4,7-10,16H,1-2,5-6,12H2,(H2,23,24,25). The van der Waals surface area contributed by atoms with E-state index in [-0.39, 0.29) is 23.9 Å². The number of carbonyl (C=O) groups is 1. The van der Waals surface area contributed by atoms with Crippen LogP contribution in [-0.2, 0) is 6.54 Å². The summed E-state index contributed by atoms with van der Waals surface area (Å²) in [5, 5.41) is 14.3. The minimum Gasteiger partial charge on any atom is -0.474 e. The fourth-order valence-electron chi connectivity index (χ4n) is 2.89. The zero-order chi connectivity index (χ0) is 18.4. The number of hydrogen-bond donors (Lipinski definition) is 2. The van der Waals surface area contributed by atoms with Gasteiger partial charge in [-0.25, -0.2) is 14.2 Å². The molecule has 1 aliphatic carbocycles. The van der Waals surface area contributed by atoms with Crippen molar-refractivity contribution in [1.29, 1.82) is 5.26 Å². The van der Waals surface area contributed by atoms with Crippen molar-refractivity contribution >= 4 is 11.7 Å². The molecule has 1 aliphatic rings. The number of hydrogen-bond acceptors (Lipinski definition) is 4. The lowest BCUT2D eigenvalue weighted by molar-refractivity contribution is 0.199. The third kappa shape index (κ3) is 4.48. The first-order chi connectivity index (χ1) is 12.7. The van der Waals surface area contributed by atoms with Gasteiger partial charge in [-0.1, -0.05) is 6.07 Å². The zero-order valence-corrected chi connectivity index (χ0v) is 14.2. The molecule has 0 aliphatic heterocycles. The second-order valence-electron chi connectivity index (χ2n) is 6.10. The highest BCUT2D eigenvalue weighted by molar-refractivity contribution is 5.90. The lowest BCUT2D eigenvalue weighted by Crippen LogP contribution is -2.29. The van der Waals surface area contributed by atoms with Crippen LogP contribution in [0.5, 0.6) is 5.88 Å². The van der Waals surface area contributed by atoms with Gasteiger partial charge in [0.25, 0.3) is 0 Å². The molecule has 0 unspecified atom stereocenters. The van der Waals surface area contributed by atoms with Crippen molar-refractivity contribution in [1.82, 2.24) is 10.3 Å². The van der Waals surface area contributed by atoms with Gasteiger partial charge < -0.3 is 15.4 Å². The van der Waals surface area contributed by atoms with Crippen molar-refractivity contribution in [3.05, 3.63) is 53.5 Å². The number of nitrogens with zero attached hydrogens (tertiary/aromatic N) is 2. The van der Waals surface area contributed by atoms with Gasteiger partial charge in [-0.15, -0.1) is 0 Å². The molecule has 2 N–H and O–H groups in total. The number of nitrogens with one attached hydrogen (secondary N) is 2. The minimum atomic E-state index is -0.531. The van der Waals surface area contributed by atoms with Crippen LogP contribution in [0.15, 0.2) is 36.5 Å². The topological polar surface area (TPSA) is 87.0 Å². The summed E-state index contributed by atoms with van der Waals surface area (Å²) in [6.07, 6.45) is 6.19. The summed E-state index contributed by atoms with van der Waals surface area (Å²) in [6, 6.07) is 8.59. The second kappa shape index (κ2) is 8.30. The quantitative estimate of drug-likeness (QED) is 0.856. The molecule has 1 saturated carbocycles. The van der Waals surface area contributed by atoms with Gasteiger partial charge in [0, 0.05) is 18.3 Å². The molecule has 3 rings (SSSR count). The van der Waals surface area contributed by atoms with Crippen LogP contribution in [-0.4, -0.2) is 17.1 Å². The van der Waals surface area contributed by atoms with Crippen LogP contribution in [0.1, 0.15) is 36.8 Å². The molecule has 1 aromatic carbocycles. The van der Waals surface area contributed by atoms with Crippen LogP contribution in [0.2, 0.25) is 0 Å². The first-order valence-corrected chi connectivity index (χ1v) is 8.51. The summed E-state index contributed by atoms with van der Waals surface area (Å²) in [5.74, 6) is -0.00392. The van der Waals surface area contributed by atoms with Gasteiger partial charge in [-0.2, -0.15) is 5.26 Å². The summed E-state index contributed by atoms with van der Waals surface area (Å²) in [4.78, 5) is 16.4. The molecule has 134 valence electrons. The molecular formula is C19H19FN4O2. The predicted molar refractivity (Wildman–Crippen MR) is 94.1 cm³/mol. The summed E-state index contributed by atoms with van der Waals surface area (Å²) in [5.41, 5.74) is 1.08. The van der Waals surface area contributed by atoms with Crippen LogP contribution in [0.25, 0.3) is 0 Å². The van der Waals surface area contributed by atoms with E-state index in [9.17, 15) is 9.18 Å². The van der Waals surface area contributed by atoms with Crippen molar-refractivity contribution in [2.75, 3.05) is 5.32 Å². The van der Waals surface area contributed by atoms with Gasteiger partial charge in [-0.05, 0) is 49.9 Å². The smallest absolute Gasteiger partial charge is 0.319 e. The number of ether oxygens (including phenoxy) is 1. The highest BCUT2D eigenvalue weighted by Gasteiger charge is 2.18. The molecule has 0 saturated heterocycles. The molecule has 0 atom stereocenters. The van der Waals surface area contributed by atoms with Gasteiger partial charge in [0.05, 0.1) is 11.3 Å². The Labute approximate surface area is 151 Å². The second-order valence-corrected chi connectivity index (χ2v) is 6.10. The molecule has 1 aromatic heterocycles. The van der Waals surface area contributed by atoms with Crippen LogP contribution in [0.4, 0.5) is 14.9 Å². The fraction of sp³-hybridized carbons (Fsp3) is 0.316. The lowest BCUT2D eigenvalue weighted by atomic mass is 10.2. The van der Waals surface area contributed by atoms with E-state index in [0.717, 1.165) is 37.3 Å². The first kappa shape index (κ1) is 17.7.